The third-order valence-corrected chi connectivity index (χ3v) is 2.14. The quantitative estimate of drug-likeness (QED) is 0.776. The summed E-state index contributed by atoms with van der Waals surface area (Å²) in [7, 11) is 3.74. The van der Waals surface area contributed by atoms with Crippen molar-refractivity contribution in [2.24, 2.45) is 0 Å². The average molecular weight is 205 g/mol. The number of hydrogen-bond donors (Lipinski definition) is 2. The standard InChI is InChI=1S/C10H11N3O2/c1-13(2)10-11-7-4-3-6(9(14)15)5-8(7)12-10/h3-5H,1-2H3,(H,11,12)(H,14,15). The third kappa shape index (κ3) is 1.63. The lowest BCUT2D eigenvalue weighted by molar-refractivity contribution is 0.0697. The van der Waals surface area contributed by atoms with E-state index in [-0.39, 0.29) is 5.56 Å². The Bertz CT molecular complexity index is 516. The number of H-pyrrole nitrogens is 1. The highest BCUT2D eigenvalue weighted by Crippen LogP contribution is 2.17. The highest BCUT2D eigenvalue weighted by molar-refractivity contribution is 5.92. The van der Waals surface area contributed by atoms with Gasteiger partial charge in [0.05, 0.1) is 16.6 Å². The van der Waals surface area contributed by atoms with Crippen LogP contribution in [0.25, 0.3) is 11.0 Å². The molecule has 2 aromatic rings. The number of benzene rings is 1. The van der Waals surface area contributed by atoms with Crippen molar-refractivity contribution in [3.63, 3.8) is 0 Å². The Morgan fingerprint density at radius 1 is 1.47 bits per heavy atom. The predicted molar refractivity (Wildman–Crippen MR) is 57.4 cm³/mol. The topological polar surface area (TPSA) is 69.2 Å². The molecule has 0 saturated carbocycles. The normalized spacial score (nSPS) is 10.5. The van der Waals surface area contributed by atoms with Gasteiger partial charge in [0.25, 0.3) is 0 Å². The molecule has 2 rings (SSSR count). The first kappa shape index (κ1) is 9.51. The summed E-state index contributed by atoms with van der Waals surface area (Å²) in [6.07, 6.45) is 0. The van der Waals surface area contributed by atoms with Crippen molar-refractivity contribution in [3.05, 3.63) is 23.8 Å². The van der Waals surface area contributed by atoms with Gasteiger partial charge >= 0.3 is 5.97 Å². The van der Waals surface area contributed by atoms with E-state index >= 15 is 0 Å². The fourth-order valence-electron chi connectivity index (χ4n) is 1.34. The van der Waals surface area contributed by atoms with Gasteiger partial charge in [-0.3, -0.25) is 0 Å². The molecule has 1 aromatic carbocycles. The van der Waals surface area contributed by atoms with E-state index in [9.17, 15) is 4.79 Å². The maximum absolute atomic E-state index is 10.7. The van der Waals surface area contributed by atoms with Gasteiger partial charge in [-0.25, -0.2) is 9.78 Å². The predicted octanol–water partition coefficient (Wildman–Crippen LogP) is 1.33. The summed E-state index contributed by atoms with van der Waals surface area (Å²) in [4.78, 5) is 19.9. The Balaban J connectivity index is 2.57. The van der Waals surface area contributed by atoms with E-state index in [0.29, 0.717) is 5.95 Å². The van der Waals surface area contributed by atoms with Crippen LogP contribution in [0.1, 0.15) is 10.4 Å². The van der Waals surface area contributed by atoms with Gasteiger partial charge in [0.15, 0.2) is 0 Å². The lowest BCUT2D eigenvalue weighted by atomic mass is 10.2. The highest BCUT2D eigenvalue weighted by atomic mass is 16.4. The van der Waals surface area contributed by atoms with E-state index in [2.05, 4.69) is 9.97 Å². The molecule has 0 unspecified atom stereocenters. The number of carboxylic acid groups (broad SMARTS) is 1. The number of anilines is 1. The van der Waals surface area contributed by atoms with Gasteiger partial charge in [-0.15, -0.1) is 0 Å². The average Bonchev–Trinajstić information content (AvgIpc) is 2.59. The first-order chi connectivity index (χ1) is 7.08. The van der Waals surface area contributed by atoms with Crippen molar-refractivity contribution in [1.29, 1.82) is 0 Å². The van der Waals surface area contributed by atoms with Gasteiger partial charge in [-0.05, 0) is 18.2 Å². The molecule has 0 aliphatic heterocycles. The molecule has 1 heterocycles. The Labute approximate surface area is 86.4 Å². The highest BCUT2D eigenvalue weighted by Gasteiger charge is 2.07. The molecule has 0 radical (unpaired) electrons. The van der Waals surface area contributed by atoms with Crippen LogP contribution in [0.3, 0.4) is 0 Å². The molecule has 15 heavy (non-hydrogen) atoms. The van der Waals surface area contributed by atoms with Crippen LogP contribution in [0.4, 0.5) is 5.95 Å². The van der Waals surface area contributed by atoms with E-state index in [0.717, 1.165) is 11.0 Å². The van der Waals surface area contributed by atoms with Crippen LogP contribution in [0.2, 0.25) is 0 Å². The second kappa shape index (κ2) is 3.27. The second-order valence-corrected chi connectivity index (χ2v) is 3.49. The van der Waals surface area contributed by atoms with Gasteiger partial charge < -0.3 is 15.0 Å². The van der Waals surface area contributed by atoms with E-state index in [1.54, 1.807) is 18.2 Å². The van der Waals surface area contributed by atoms with Crippen LogP contribution in [0.5, 0.6) is 0 Å². The maximum Gasteiger partial charge on any atom is 0.335 e. The molecule has 0 saturated heterocycles. The summed E-state index contributed by atoms with van der Waals surface area (Å²) in [5.74, 6) is -0.217. The van der Waals surface area contributed by atoms with E-state index < -0.39 is 5.97 Å². The Morgan fingerprint density at radius 2 is 2.20 bits per heavy atom. The smallest absolute Gasteiger partial charge is 0.335 e. The second-order valence-electron chi connectivity index (χ2n) is 3.49. The number of nitrogens with one attached hydrogen (secondary N) is 1. The zero-order valence-corrected chi connectivity index (χ0v) is 8.48. The lowest BCUT2D eigenvalue weighted by Crippen LogP contribution is -2.09. The number of nitrogens with zero attached hydrogens (tertiary/aromatic N) is 2. The fraction of sp³-hybridized carbons (Fsp3) is 0.200. The minimum absolute atomic E-state index is 0.261. The van der Waals surface area contributed by atoms with Crippen molar-refractivity contribution >= 4 is 23.0 Å². The Kier molecular flexibility index (Phi) is 2.07. The molecule has 2 N–H and O–H groups in total. The molecule has 78 valence electrons. The summed E-state index contributed by atoms with van der Waals surface area (Å²) in [6, 6.07) is 4.82. The molecule has 0 atom stereocenters. The third-order valence-electron chi connectivity index (χ3n) is 2.14. The first-order valence-corrected chi connectivity index (χ1v) is 4.48. The Hall–Kier alpha value is -2.04. The van der Waals surface area contributed by atoms with Crippen LogP contribution in [0.15, 0.2) is 18.2 Å². The molecule has 5 heteroatoms. The molecule has 0 amide bonds. The number of fused-ring (bicyclic) bond motifs is 1. The van der Waals surface area contributed by atoms with Gasteiger partial charge in [0.2, 0.25) is 5.95 Å². The number of aromatic carboxylic acids is 1. The monoisotopic (exact) mass is 205 g/mol. The van der Waals surface area contributed by atoms with Crippen LogP contribution in [-0.4, -0.2) is 35.1 Å². The maximum atomic E-state index is 10.7. The van der Waals surface area contributed by atoms with E-state index in [4.69, 9.17) is 5.11 Å². The first-order valence-electron chi connectivity index (χ1n) is 4.48. The molecule has 0 spiro atoms. The SMILES string of the molecule is CN(C)c1nc2ccc(C(=O)O)cc2[nH]1. The molecule has 1 aromatic heterocycles. The largest absolute Gasteiger partial charge is 0.478 e. The van der Waals surface area contributed by atoms with Crippen molar-refractivity contribution in [2.45, 2.75) is 0 Å². The van der Waals surface area contributed by atoms with Gasteiger partial charge in [-0.2, -0.15) is 0 Å². The molecule has 0 bridgehead atoms. The number of imidazole rings is 1. The lowest BCUT2D eigenvalue weighted by Gasteiger charge is -2.05. The van der Waals surface area contributed by atoms with Crippen LogP contribution >= 0.6 is 0 Å². The molecular weight excluding hydrogens is 194 g/mol. The fourth-order valence-corrected chi connectivity index (χ4v) is 1.34. The minimum atomic E-state index is -0.932. The summed E-state index contributed by atoms with van der Waals surface area (Å²) >= 11 is 0. The number of hydrogen-bond acceptors (Lipinski definition) is 3. The minimum Gasteiger partial charge on any atom is -0.478 e. The molecule has 0 aliphatic carbocycles. The summed E-state index contributed by atoms with van der Waals surface area (Å²) in [6.45, 7) is 0. The zero-order valence-electron chi connectivity index (χ0n) is 8.48. The summed E-state index contributed by atoms with van der Waals surface area (Å²) in [5.41, 5.74) is 1.76. The number of carboxylic acids is 1. The number of aromatic amines is 1. The summed E-state index contributed by atoms with van der Waals surface area (Å²) < 4.78 is 0. The number of aromatic nitrogens is 2. The summed E-state index contributed by atoms with van der Waals surface area (Å²) in [5, 5.41) is 8.82. The molecule has 5 nitrogen and oxygen atoms in total. The number of carbonyl (C=O) groups is 1. The van der Waals surface area contributed by atoms with Crippen molar-refractivity contribution in [2.75, 3.05) is 19.0 Å². The van der Waals surface area contributed by atoms with Crippen LogP contribution < -0.4 is 4.90 Å². The molecular formula is C10H11N3O2. The van der Waals surface area contributed by atoms with Gasteiger partial charge in [-0.1, -0.05) is 0 Å². The molecule has 0 fully saturated rings. The van der Waals surface area contributed by atoms with E-state index in [1.165, 1.54) is 0 Å². The van der Waals surface area contributed by atoms with Crippen LogP contribution in [0, 0.1) is 0 Å². The van der Waals surface area contributed by atoms with Crippen molar-refractivity contribution in [1.82, 2.24) is 9.97 Å². The Morgan fingerprint density at radius 3 is 2.80 bits per heavy atom. The van der Waals surface area contributed by atoms with Crippen LogP contribution in [-0.2, 0) is 0 Å². The van der Waals surface area contributed by atoms with Gasteiger partial charge in [0.1, 0.15) is 0 Å². The van der Waals surface area contributed by atoms with Crippen molar-refractivity contribution in [3.8, 4) is 0 Å². The van der Waals surface area contributed by atoms with Gasteiger partial charge in [0, 0.05) is 14.1 Å². The van der Waals surface area contributed by atoms with E-state index in [1.807, 2.05) is 19.0 Å². The van der Waals surface area contributed by atoms with Crippen molar-refractivity contribution < 1.29 is 9.90 Å². The number of rotatable bonds is 2. The molecule has 0 aliphatic rings. The zero-order chi connectivity index (χ0) is 11.0.